The average molecular weight is 287 g/mol. The maximum Gasteiger partial charge on any atom is 0.319 e. The Labute approximate surface area is 123 Å². The van der Waals surface area contributed by atoms with Gasteiger partial charge in [0.1, 0.15) is 17.2 Å². The third-order valence-electron chi connectivity index (χ3n) is 2.87. The van der Waals surface area contributed by atoms with Crippen LogP contribution in [0.15, 0.2) is 42.7 Å². The Kier molecular flexibility index (Phi) is 4.98. The number of nitrogens with zero attached hydrogens (tertiary/aromatic N) is 1. The molecule has 0 saturated heterocycles. The number of benzene rings is 1. The first-order chi connectivity index (χ1) is 10.2. The molecule has 0 atom stereocenters. The number of carbonyl (C=O) groups excluding carboxylic acids is 1. The molecule has 110 valence electrons. The van der Waals surface area contributed by atoms with Crippen LogP contribution in [-0.4, -0.2) is 25.2 Å². The summed E-state index contributed by atoms with van der Waals surface area (Å²) in [6.45, 7) is 0.409. The van der Waals surface area contributed by atoms with Gasteiger partial charge in [0.15, 0.2) is 0 Å². The second kappa shape index (κ2) is 7.14. The van der Waals surface area contributed by atoms with Crippen LogP contribution in [0.4, 0.5) is 10.5 Å². The van der Waals surface area contributed by atoms with Crippen LogP contribution in [-0.2, 0) is 6.54 Å². The molecule has 2 aromatic rings. The van der Waals surface area contributed by atoms with Gasteiger partial charge in [0, 0.05) is 18.9 Å². The summed E-state index contributed by atoms with van der Waals surface area (Å²) in [5.41, 5.74) is 1.46. The molecule has 6 heteroatoms. The number of amides is 2. The number of methoxy groups -OCH3 is 2. The lowest BCUT2D eigenvalue weighted by Gasteiger charge is -2.14. The standard InChI is InChI=1S/C15H17N3O3/c1-20-12-4-3-5-13(21-2)14(12)18-15(19)17-10-11-6-8-16-9-7-11/h3-9H,10H2,1-2H3,(H2,17,18,19). The van der Waals surface area contributed by atoms with E-state index in [9.17, 15) is 4.79 Å². The highest BCUT2D eigenvalue weighted by Crippen LogP contribution is 2.33. The van der Waals surface area contributed by atoms with Crippen LogP contribution < -0.4 is 20.1 Å². The molecule has 1 aromatic heterocycles. The van der Waals surface area contributed by atoms with Crippen molar-refractivity contribution in [2.24, 2.45) is 0 Å². The number of urea groups is 1. The summed E-state index contributed by atoms with van der Waals surface area (Å²) in [6, 6.07) is 8.63. The number of anilines is 1. The number of hydrogen-bond acceptors (Lipinski definition) is 4. The molecule has 21 heavy (non-hydrogen) atoms. The van der Waals surface area contributed by atoms with Crippen LogP contribution in [0.25, 0.3) is 0 Å². The van der Waals surface area contributed by atoms with Crippen LogP contribution in [0.5, 0.6) is 11.5 Å². The van der Waals surface area contributed by atoms with Gasteiger partial charge < -0.3 is 20.1 Å². The van der Waals surface area contributed by atoms with Crippen molar-refractivity contribution in [1.29, 1.82) is 0 Å². The minimum atomic E-state index is -0.338. The van der Waals surface area contributed by atoms with Crippen molar-refractivity contribution in [3.63, 3.8) is 0 Å². The number of hydrogen-bond donors (Lipinski definition) is 2. The van der Waals surface area contributed by atoms with Gasteiger partial charge in [0.25, 0.3) is 0 Å². The van der Waals surface area contributed by atoms with E-state index >= 15 is 0 Å². The fraction of sp³-hybridized carbons (Fsp3) is 0.200. The predicted molar refractivity (Wildman–Crippen MR) is 79.6 cm³/mol. The molecule has 2 rings (SSSR count). The SMILES string of the molecule is COc1cccc(OC)c1NC(=O)NCc1ccncc1. The zero-order chi connectivity index (χ0) is 15.1. The van der Waals surface area contributed by atoms with Gasteiger partial charge in [-0.15, -0.1) is 0 Å². The topological polar surface area (TPSA) is 72.5 Å². The van der Waals surface area contributed by atoms with Crippen LogP contribution in [0, 0.1) is 0 Å². The molecule has 0 unspecified atom stereocenters. The van der Waals surface area contributed by atoms with E-state index in [1.54, 1.807) is 30.6 Å². The van der Waals surface area contributed by atoms with E-state index in [1.807, 2.05) is 12.1 Å². The van der Waals surface area contributed by atoms with Crippen LogP contribution >= 0.6 is 0 Å². The molecule has 2 N–H and O–H groups in total. The van der Waals surface area contributed by atoms with Gasteiger partial charge in [-0.05, 0) is 29.8 Å². The first-order valence-corrected chi connectivity index (χ1v) is 6.39. The highest BCUT2D eigenvalue weighted by Gasteiger charge is 2.12. The van der Waals surface area contributed by atoms with Crippen molar-refractivity contribution in [1.82, 2.24) is 10.3 Å². The molecule has 1 aromatic carbocycles. The van der Waals surface area contributed by atoms with Gasteiger partial charge in [0.05, 0.1) is 14.2 Å². The van der Waals surface area contributed by atoms with Gasteiger partial charge in [-0.1, -0.05) is 6.07 Å². The van der Waals surface area contributed by atoms with Crippen molar-refractivity contribution in [3.8, 4) is 11.5 Å². The number of ether oxygens (including phenoxy) is 2. The Morgan fingerprint density at radius 3 is 2.29 bits per heavy atom. The normalized spacial score (nSPS) is 9.81. The predicted octanol–water partition coefficient (Wildman–Crippen LogP) is 2.42. The number of aromatic nitrogens is 1. The zero-order valence-corrected chi connectivity index (χ0v) is 11.9. The number of carbonyl (C=O) groups is 1. The van der Waals surface area contributed by atoms with E-state index in [1.165, 1.54) is 14.2 Å². The monoisotopic (exact) mass is 287 g/mol. The minimum Gasteiger partial charge on any atom is -0.494 e. The van der Waals surface area contributed by atoms with E-state index in [4.69, 9.17) is 9.47 Å². The molecule has 1 heterocycles. The first kappa shape index (κ1) is 14.6. The van der Waals surface area contributed by atoms with Gasteiger partial charge in [0.2, 0.25) is 0 Å². The molecule has 0 bridgehead atoms. The van der Waals surface area contributed by atoms with Crippen molar-refractivity contribution >= 4 is 11.7 Å². The van der Waals surface area contributed by atoms with Gasteiger partial charge in [-0.3, -0.25) is 4.98 Å². The van der Waals surface area contributed by atoms with E-state index in [2.05, 4.69) is 15.6 Å². The Hall–Kier alpha value is -2.76. The lowest BCUT2D eigenvalue weighted by molar-refractivity contribution is 0.251. The van der Waals surface area contributed by atoms with Crippen LogP contribution in [0.3, 0.4) is 0 Å². The van der Waals surface area contributed by atoms with E-state index in [-0.39, 0.29) is 6.03 Å². The summed E-state index contributed by atoms with van der Waals surface area (Å²) in [4.78, 5) is 15.9. The van der Waals surface area contributed by atoms with E-state index in [0.717, 1.165) is 5.56 Å². The Balaban J connectivity index is 2.02. The van der Waals surface area contributed by atoms with Crippen LogP contribution in [0.2, 0.25) is 0 Å². The van der Waals surface area contributed by atoms with Crippen molar-refractivity contribution in [2.45, 2.75) is 6.54 Å². The van der Waals surface area contributed by atoms with Gasteiger partial charge in [-0.2, -0.15) is 0 Å². The second-order valence-corrected chi connectivity index (χ2v) is 4.20. The maximum atomic E-state index is 12.0. The summed E-state index contributed by atoms with van der Waals surface area (Å²) in [5.74, 6) is 1.07. The summed E-state index contributed by atoms with van der Waals surface area (Å²) in [7, 11) is 3.07. The summed E-state index contributed by atoms with van der Waals surface area (Å²) >= 11 is 0. The number of para-hydroxylation sites is 1. The fourth-order valence-corrected chi connectivity index (χ4v) is 1.82. The maximum absolute atomic E-state index is 12.0. The third kappa shape index (κ3) is 3.85. The molecule has 0 fully saturated rings. The highest BCUT2D eigenvalue weighted by atomic mass is 16.5. The summed E-state index contributed by atoms with van der Waals surface area (Å²) < 4.78 is 10.4. The van der Waals surface area contributed by atoms with Gasteiger partial charge >= 0.3 is 6.03 Å². The lowest BCUT2D eigenvalue weighted by atomic mass is 10.2. The Morgan fingerprint density at radius 2 is 1.71 bits per heavy atom. The molecule has 0 spiro atoms. The summed E-state index contributed by atoms with van der Waals surface area (Å²) in [5, 5.41) is 5.50. The quantitative estimate of drug-likeness (QED) is 0.886. The fourth-order valence-electron chi connectivity index (χ4n) is 1.82. The number of rotatable bonds is 5. The van der Waals surface area contributed by atoms with Crippen molar-refractivity contribution < 1.29 is 14.3 Å². The molecule has 0 aliphatic heterocycles. The first-order valence-electron chi connectivity index (χ1n) is 6.39. The number of pyridine rings is 1. The average Bonchev–Trinajstić information content (AvgIpc) is 2.54. The van der Waals surface area contributed by atoms with Crippen molar-refractivity contribution in [3.05, 3.63) is 48.3 Å². The molecule has 0 aliphatic rings. The smallest absolute Gasteiger partial charge is 0.319 e. The summed E-state index contributed by atoms with van der Waals surface area (Å²) in [6.07, 6.45) is 3.36. The largest absolute Gasteiger partial charge is 0.494 e. The second-order valence-electron chi connectivity index (χ2n) is 4.20. The lowest BCUT2D eigenvalue weighted by Crippen LogP contribution is -2.28. The zero-order valence-electron chi connectivity index (χ0n) is 11.9. The van der Waals surface area contributed by atoms with Crippen molar-refractivity contribution in [2.75, 3.05) is 19.5 Å². The van der Waals surface area contributed by atoms with Crippen LogP contribution in [0.1, 0.15) is 5.56 Å². The Bertz CT molecular complexity index is 580. The molecule has 0 saturated carbocycles. The minimum absolute atomic E-state index is 0.338. The molecular formula is C15H17N3O3. The van der Waals surface area contributed by atoms with Gasteiger partial charge in [-0.25, -0.2) is 4.79 Å². The van der Waals surface area contributed by atoms with E-state index < -0.39 is 0 Å². The third-order valence-corrected chi connectivity index (χ3v) is 2.87. The number of nitrogens with one attached hydrogen (secondary N) is 2. The Morgan fingerprint density at radius 1 is 1.10 bits per heavy atom. The molecule has 6 nitrogen and oxygen atoms in total. The molecule has 2 amide bonds. The molecule has 0 radical (unpaired) electrons. The van der Waals surface area contributed by atoms with E-state index in [0.29, 0.717) is 23.7 Å². The molecule has 0 aliphatic carbocycles. The molecular weight excluding hydrogens is 270 g/mol. The highest BCUT2D eigenvalue weighted by molar-refractivity contribution is 5.92.